The Hall–Kier alpha value is -0.0800. The zero-order chi connectivity index (χ0) is 13.5. The summed E-state index contributed by atoms with van der Waals surface area (Å²) in [6.07, 6.45) is 3.92. The summed E-state index contributed by atoms with van der Waals surface area (Å²) in [5.41, 5.74) is 0. The smallest absolute Gasteiger partial charge is 0.191 e. The molecule has 6 heteroatoms. The van der Waals surface area contributed by atoms with Gasteiger partial charge in [0.25, 0.3) is 0 Å². The van der Waals surface area contributed by atoms with Gasteiger partial charge in [-0.3, -0.25) is 9.89 Å². The molecule has 0 amide bonds. The molecule has 118 valence electrons. The molecule has 2 atom stereocenters. The molecule has 20 heavy (non-hydrogen) atoms. The molecule has 0 radical (unpaired) electrons. The highest BCUT2D eigenvalue weighted by molar-refractivity contribution is 14.0. The number of nitrogens with one attached hydrogen (secondary N) is 2. The van der Waals surface area contributed by atoms with Crippen LogP contribution in [0.25, 0.3) is 0 Å². The van der Waals surface area contributed by atoms with Gasteiger partial charge in [0.15, 0.2) is 5.96 Å². The van der Waals surface area contributed by atoms with Crippen molar-refractivity contribution >= 4 is 29.9 Å². The lowest BCUT2D eigenvalue weighted by molar-refractivity contribution is 0.0389. The van der Waals surface area contributed by atoms with Crippen LogP contribution in [0.4, 0.5) is 0 Å². The van der Waals surface area contributed by atoms with Crippen molar-refractivity contribution in [2.45, 2.75) is 32.2 Å². The van der Waals surface area contributed by atoms with E-state index in [0.29, 0.717) is 6.04 Å². The van der Waals surface area contributed by atoms with E-state index in [9.17, 15) is 0 Å². The van der Waals surface area contributed by atoms with Crippen LogP contribution >= 0.6 is 24.0 Å². The van der Waals surface area contributed by atoms with E-state index in [2.05, 4.69) is 27.4 Å². The van der Waals surface area contributed by atoms with Crippen LogP contribution in [-0.4, -0.2) is 63.3 Å². The van der Waals surface area contributed by atoms with Crippen molar-refractivity contribution in [2.75, 3.05) is 46.4 Å². The second kappa shape index (κ2) is 9.78. The second-order valence-corrected chi connectivity index (χ2v) is 5.49. The zero-order valence-electron chi connectivity index (χ0n) is 12.7. The Kier molecular flexibility index (Phi) is 8.79. The van der Waals surface area contributed by atoms with Crippen LogP contribution in [0.5, 0.6) is 0 Å². The Labute approximate surface area is 139 Å². The van der Waals surface area contributed by atoms with Crippen molar-refractivity contribution in [3.63, 3.8) is 0 Å². The van der Waals surface area contributed by atoms with E-state index in [1.165, 1.54) is 19.3 Å². The van der Waals surface area contributed by atoms with Crippen molar-refractivity contribution in [2.24, 2.45) is 10.9 Å². The summed E-state index contributed by atoms with van der Waals surface area (Å²) in [5.74, 6) is 1.82. The zero-order valence-corrected chi connectivity index (χ0v) is 15.1. The molecule has 0 aromatic carbocycles. The van der Waals surface area contributed by atoms with Crippen molar-refractivity contribution in [1.29, 1.82) is 0 Å². The van der Waals surface area contributed by atoms with Crippen LogP contribution in [0, 0.1) is 5.92 Å². The molecule has 1 aliphatic carbocycles. The van der Waals surface area contributed by atoms with Crippen LogP contribution in [0.2, 0.25) is 0 Å². The lowest BCUT2D eigenvalue weighted by Crippen LogP contribution is -2.45. The predicted octanol–water partition coefficient (Wildman–Crippen LogP) is 1.29. The fraction of sp³-hybridized carbons (Fsp3) is 0.929. The van der Waals surface area contributed by atoms with E-state index in [1.807, 2.05) is 7.05 Å². The summed E-state index contributed by atoms with van der Waals surface area (Å²) >= 11 is 0. The highest BCUT2D eigenvalue weighted by Crippen LogP contribution is 2.34. The Morgan fingerprint density at radius 2 is 2.10 bits per heavy atom. The van der Waals surface area contributed by atoms with Crippen LogP contribution in [0.3, 0.4) is 0 Å². The van der Waals surface area contributed by atoms with Gasteiger partial charge in [-0.1, -0.05) is 13.3 Å². The van der Waals surface area contributed by atoms with E-state index in [4.69, 9.17) is 4.74 Å². The van der Waals surface area contributed by atoms with E-state index in [-0.39, 0.29) is 24.0 Å². The number of rotatable bonds is 6. The third-order valence-corrected chi connectivity index (χ3v) is 3.95. The Bertz CT molecular complexity index is 295. The van der Waals surface area contributed by atoms with Gasteiger partial charge in [0, 0.05) is 39.3 Å². The summed E-state index contributed by atoms with van der Waals surface area (Å²) in [6, 6.07) is 0.648. The molecule has 2 unspecified atom stereocenters. The van der Waals surface area contributed by atoms with Gasteiger partial charge in [-0.2, -0.15) is 0 Å². The second-order valence-electron chi connectivity index (χ2n) is 5.49. The predicted molar refractivity (Wildman–Crippen MR) is 94.0 cm³/mol. The van der Waals surface area contributed by atoms with Gasteiger partial charge in [0.1, 0.15) is 0 Å². The van der Waals surface area contributed by atoms with Gasteiger partial charge in [-0.25, -0.2) is 0 Å². The molecule has 0 aromatic rings. The molecular weight excluding hydrogens is 367 g/mol. The fourth-order valence-electron chi connectivity index (χ4n) is 2.64. The Morgan fingerprint density at radius 3 is 2.75 bits per heavy atom. The largest absolute Gasteiger partial charge is 0.379 e. The highest BCUT2D eigenvalue weighted by atomic mass is 127. The van der Waals surface area contributed by atoms with Crippen molar-refractivity contribution in [1.82, 2.24) is 15.5 Å². The number of hydrogen-bond acceptors (Lipinski definition) is 3. The van der Waals surface area contributed by atoms with Crippen LogP contribution in [0.1, 0.15) is 26.2 Å². The maximum absolute atomic E-state index is 5.35. The molecule has 0 aromatic heterocycles. The number of hydrogen-bond donors (Lipinski definition) is 2. The lowest BCUT2D eigenvalue weighted by atomic mass is 10.2. The maximum Gasteiger partial charge on any atom is 0.191 e. The lowest BCUT2D eigenvalue weighted by Gasteiger charge is -2.26. The molecule has 1 saturated heterocycles. The summed E-state index contributed by atoms with van der Waals surface area (Å²) in [5, 5.41) is 6.92. The van der Waals surface area contributed by atoms with Crippen LogP contribution < -0.4 is 10.6 Å². The maximum atomic E-state index is 5.35. The molecule has 0 spiro atoms. The first kappa shape index (κ1) is 18.0. The van der Waals surface area contributed by atoms with E-state index in [0.717, 1.165) is 51.3 Å². The molecule has 0 bridgehead atoms. The third kappa shape index (κ3) is 6.13. The van der Waals surface area contributed by atoms with Gasteiger partial charge < -0.3 is 15.4 Å². The standard InChI is InChI=1S/C14H28N4O.HI/c1-3-4-12-11-13(12)17-14(15-2)16-5-6-18-7-9-19-10-8-18;/h12-13H,3-11H2,1-2H3,(H2,15,16,17);1H. The molecule has 1 heterocycles. The average Bonchev–Trinajstić information content (AvgIpc) is 3.17. The van der Waals surface area contributed by atoms with Crippen molar-refractivity contribution in [3.05, 3.63) is 0 Å². The Morgan fingerprint density at radius 1 is 1.35 bits per heavy atom. The summed E-state index contributed by atoms with van der Waals surface area (Å²) in [7, 11) is 1.85. The molecule has 2 rings (SSSR count). The monoisotopic (exact) mass is 396 g/mol. The Balaban J connectivity index is 0.00000200. The molecule has 1 aliphatic heterocycles. The van der Waals surface area contributed by atoms with Crippen molar-refractivity contribution < 1.29 is 4.74 Å². The van der Waals surface area contributed by atoms with Gasteiger partial charge in [-0.15, -0.1) is 24.0 Å². The topological polar surface area (TPSA) is 48.9 Å². The van der Waals surface area contributed by atoms with Gasteiger partial charge in [0.05, 0.1) is 13.2 Å². The van der Waals surface area contributed by atoms with E-state index < -0.39 is 0 Å². The molecule has 2 N–H and O–H groups in total. The van der Waals surface area contributed by atoms with E-state index in [1.54, 1.807) is 0 Å². The SMILES string of the molecule is CCCC1CC1NC(=NC)NCCN1CCOCC1.I. The minimum atomic E-state index is 0. The highest BCUT2D eigenvalue weighted by Gasteiger charge is 2.36. The first-order chi connectivity index (χ1) is 9.33. The number of ether oxygens (including phenoxy) is 1. The normalized spacial score (nSPS) is 26.8. The quantitative estimate of drug-likeness (QED) is 0.404. The molecule has 2 fully saturated rings. The van der Waals surface area contributed by atoms with Gasteiger partial charge in [-0.05, 0) is 18.8 Å². The number of guanidine groups is 1. The minimum Gasteiger partial charge on any atom is -0.379 e. The fourth-order valence-corrected chi connectivity index (χ4v) is 2.64. The first-order valence-corrected chi connectivity index (χ1v) is 7.60. The number of halogens is 1. The number of aliphatic imine (C=N–C) groups is 1. The van der Waals surface area contributed by atoms with Crippen LogP contribution in [0.15, 0.2) is 4.99 Å². The van der Waals surface area contributed by atoms with Gasteiger partial charge in [0.2, 0.25) is 0 Å². The number of morpholine rings is 1. The number of nitrogens with zero attached hydrogens (tertiary/aromatic N) is 2. The molecule has 5 nitrogen and oxygen atoms in total. The van der Waals surface area contributed by atoms with E-state index >= 15 is 0 Å². The molecule has 1 saturated carbocycles. The minimum absolute atomic E-state index is 0. The first-order valence-electron chi connectivity index (χ1n) is 7.60. The summed E-state index contributed by atoms with van der Waals surface area (Å²) < 4.78 is 5.35. The molecule has 2 aliphatic rings. The average molecular weight is 396 g/mol. The summed E-state index contributed by atoms with van der Waals surface area (Å²) in [6.45, 7) is 8.11. The summed E-state index contributed by atoms with van der Waals surface area (Å²) in [4.78, 5) is 6.73. The van der Waals surface area contributed by atoms with Crippen molar-refractivity contribution in [3.8, 4) is 0 Å². The van der Waals surface area contributed by atoms with Crippen LogP contribution in [-0.2, 0) is 4.74 Å². The third-order valence-electron chi connectivity index (χ3n) is 3.95. The van der Waals surface area contributed by atoms with Gasteiger partial charge >= 0.3 is 0 Å². The molecular formula is C14H29IN4O.